The molecule has 37 heavy (non-hydrogen) atoms. The fourth-order valence-electron chi connectivity index (χ4n) is 3.43. The number of fused-ring (bicyclic) bond motifs is 1. The van der Waals surface area contributed by atoms with Crippen molar-refractivity contribution in [2.24, 2.45) is 5.16 Å². The van der Waals surface area contributed by atoms with Crippen LogP contribution < -0.4 is 22.5 Å². The number of amides is 2. The number of carboxylic acid groups (broad SMARTS) is 1. The summed E-state index contributed by atoms with van der Waals surface area (Å²) in [5, 5.41) is 17.3. The maximum Gasteiger partial charge on any atom is 0.352 e. The number of nitrogens with one attached hydrogen (secondary N) is 2. The first-order valence-corrected chi connectivity index (χ1v) is 13.2. The van der Waals surface area contributed by atoms with Crippen molar-refractivity contribution in [3.8, 4) is 0 Å². The van der Waals surface area contributed by atoms with Gasteiger partial charge < -0.3 is 26.7 Å². The van der Waals surface area contributed by atoms with Crippen LogP contribution in [0.15, 0.2) is 43.8 Å². The van der Waals surface area contributed by atoms with Crippen LogP contribution in [0.1, 0.15) is 5.69 Å². The average Bonchev–Trinajstić information content (AvgIpc) is 3.16. The summed E-state index contributed by atoms with van der Waals surface area (Å²) in [5.74, 6) is -2.35. The van der Waals surface area contributed by atoms with Gasteiger partial charge in [0.2, 0.25) is 0 Å². The van der Waals surface area contributed by atoms with E-state index in [1.807, 2.05) is 0 Å². The molecule has 0 bridgehead atoms. The zero-order valence-corrected chi connectivity index (χ0v) is 21.8. The van der Waals surface area contributed by atoms with Crippen molar-refractivity contribution >= 4 is 80.9 Å². The molecular formula is C19H17ClN8O6S3. The molecule has 0 spiro atoms. The summed E-state index contributed by atoms with van der Waals surface area (Å²) in [4.78, 5) is 65.2. The monoisotopic (exact) mass is 584 g/mol. The molecule has 2 atom stereocenters. The Morgan fingerprint density at radius 1 is 1.41 bits per heavy atom. The third kappa shape index (κ3) is 5.43. The van der Waals surface area contributed by atoms with Crippen LogP contribution in [0.25, 0.3) is 0 Å². The summed E-state index contributed by atoms with van der Waals surface area (Å²) in [5.41, 5.74) is 10.5. The summed E-state index contributed by atoms with van der Waals surface area (Å²) in [6.45, 7) is 0. The summed E-state index contributed by atoms with van der Waals surface area (Å²) in [7, 11) is 1.22. The number of hydrogen-bond acceptors (Lipinski definition) is 13. The van der Waals surface area contributed by atoms with Crippen molar-refractivity contribution in [2.75, 3.05) is 24.3 Å². The van der Waals surface area contributed by atoms with Gasteiger partial charge in [0.05, 0.1) is 0 Å². The molecule has 2 aliphatic heterocycles. The third-order valence-electron chi connectivity index (χ3n) is 4.91. The van der Waals surface area contributed by atoms with Crippen LogP contribution in [-0.2, 0) is 19.2 Å². The Labute approximate surface area is 225 Å². The number of aliphatic carboxylic acids is 1. The summed E-state index contributed by atoms with van der Waals surface area (Å²) in [6, 6.07) is 0.432. The number of thioether (sulfide) groups is 2. The number of oxime groups is 1. The lowest BCUT2D eigenvalue weighted by Gasteiger charge is -2.49. The van der Waals surface area contributed by atoms with Crippen LogP contribution in [0.2, 0.25) is 4.34 Å². The van der Waals surface area contributed by atoms with E-state index in [2.05, 4.69) is 25.4 Å². The number of H-pyrrole nitrogens is 1. The zero-order valence-electron chi connectivity index (χ0n) is 18.6. The molecule has 2 amide bonds. The van der Waals surface area contributed by atoms with E-state index in [0.29, 0.717) is 10.6 Å². The lowest BCUT2D eigenvalue weighted by atomic mass is 10.0. The average molecular weight is 585 g/mol. The lowest BCUT2D eigenvalue weighted by Crippen LogP contribution is -2.71. The van der Waals surface area contributed by atoms with Gasteiger partial charge in [-0.1, -0.05) is 39.9 Å². The number of carboxylic acids is 1. The number of rotatable bonds is 8. The van der Waals surface area contributed by atoms with E-state index < -0.39 is 34.9 Å². The van der Waals surface area contributed by atoms with Crippen LogP contribution >= 0.6 is 46.5 Å². The third-order valence-corrected chi connectivity index (χ3v) is 8.02. The molecule has 0 aromatic carbocycles. The molecule has 0 unspecified atom stereocenters. The van der Waals surface area contributed by atoms with Gasteiger partial charge in [0.15, 0.2) is 10.8 Å². The first kappa shape index (κ1) is 26.5. The van der Waals surface area contributed by atoms with Gasteiger partial charge in [-0.05, 0) is 17.1 Å². The molecule has 0 aliphatic carbocycles. The number of nitrogens with two attached hydrogens (primary N) is 2. The van der Waals surface area contributed by atoms with E-state index in [9.17, 15) is 24.3 Å². The minimum absolute atomic E-state index is 0.00357. The molecular weight excluding hydrogens is 568 g/mol. The van der Waals surface area contributed by atoms with Crippen molar-refractivity contribution in [3.63, 3.8) is 0 Å². The van der Waals surface area contributed by atoms with Crippen molar-refractivity contribution in [1.82, 2.24) is 25.2 Å². The topological polar surface area (TPSA) is 219 Å². The van der Waals surface area contributed by atoms with E-state index in [0.717, 1.165) is 28.0 Å². The second-order valence-electron chi connectivity index (χ2n) is 7.24. The largest absolute Gasteiger partial charge is 0.477 e. The first-order valence-electron chi connectivity index (χ1n) is 10.1. The van der Waals surface area contributed by atoms with Gasteiger partial charge in [-0.2, -0.15) is 4.98 Å². The molecule has 0 radical (unpaired) electrons. The van der Waals surface area contributed by atoms with Gasteiger partial charge in [-0.3, -0.25) is 19.5 Å². The highest BCUT2D eigenvalue weighted by molar-refractivity contribution is 8.02. The molecule has 18 heteroatoms. The summed E-state index contributed by atoms with van der Waals surface area (Å²) < 4.78 is 0.112. The normalized spacial score (nSPS) is 19.6. The smallest absolute Gasteiger partial charge is 0.352 e. The molecule has 0 saturated carbocycles. The highest BCUT2D eigenvalue weighted by Gasteiger charge is 2.54. The molecule has 4 rings (SSSR count). The second kappa shape index (κ2) is 10.8. The minimum atomic E-state index is -1.31. The highest BCUT2D eigenvalue weighted by Crippen LogP contribution is 2.41. The molecule has 1 fully saturated rings. The van der Waals surface area contributed by atoms with Gasteiger partial charge in [-0.15, -0.1) is 11.8 Å². The SMILES string of the molecule is CO/N=C(/C(=O)N[C@@H]1C(=O)N2C(C(=O)O)=C(/C=C/Sc3cc(N)[nH]c(=O)n3)CS[C@H]12)c1nc(N)sc1Cl. The number of nitrogen functional groups attached to an aromatic ring is 2. The predicted molar refractivity (Wildman–Crippen MR) is 139 cm³/mol. The second-order valence-corrected chi connectivity index (χ2v) is 10.9. The van der Waals surface area contributed by atoms with Gasteiger partial charge >= 0.3 is 11.7 Å². The van der Waals surface area contributed by atoms with Crippen molar-refractivity contribution in [3.05, 3.63) is 49.3 Å². The molecule has 14 nitrogen and oxygen atoms in total. The molecule has 2 aliphatic rings. The molecule has 194 valence electrons. The number of carbonyl (C=O) groups excluding carboxylic acids is 2. The van der Waals surface area contributed by atoms with Crippen LogP contribution in [0, 0.1) is 0 Å². The quantitative estimate of drug-likeness (QED) is 0.0938. The molecule has 1 saturated heterocycles. The zero-order chi connectivity index (χ0) is 26.9. The Balaban J connectivity index is 1.51. The Morgan fingerprint density at radius 3 is 2.78 bits per heavy atom. The number of thiazole rings is 1. The molecule has 4 heterocycles. The summed E-state index contributed by atoms with van der Waals surface area (Å²) >= 11 is 9.34. The van der Waals surface area contributed by atoms with Crippen LogP contribution in [0.3, 0.4) is 0 Å². The fourth-order valence-corrected chi connectivity index (χ4v) is 6.38. The van der Waals surface area contributed by atoms with E-state index in [4.69, 9.17) is 27.9 Å². The van der Waals surface area contributed by atoms with E-state index in [1.165, 1.54) is 31.0 Å². The van der Waals surface area contributed by atoms with Gasteiger partial charge in [0, 0.05) is 11.8 Å². The van der Waals surface area contributed by atoms with E-state index in [-0.39, 0.29) is 38.1 Å². The Bertz CT molecular complexity index is 1440. The number of allylic oxidation sites excluding steroid dienone is 1. The fraction of sp³-hybridized carbons (Fsp3) is 0.211. The van der Waals surface area contributed by atoms with Gasteiger partial charge in [0.25, 0.3) is 11.8 Å². The molecule has 7 N–H and O–H groups in total. The predicted octanol–water partition coefficient (Wildman–Crippen LogP) is 0.439. The first-order chi connectivity index (χ1) is 17.6. The maximum atomic E-state index is 12.9. The van der Waals surface area contributed by atoms with E-state index in [1.54, 1.807) is 5.41 Å². The Hall–Kier alpha value is -3.54. The maximum absolute atomic E-state index is 12.9. The highest BCUT2D eigenvalue weighted by atomic mass is 35.5. The van der Waals surface area contributed by atoms with Crippen LogP contribution in [-0.4, -0.2) is 72.7 Å². The minimum Gasteiger partial charge on any atom is -0.477 e. The number of carbonyl (C=O) groups is 3. The standard InChI is InChI=1S/C19H17ClN8O6S3/c1-34-27-10(9-13(20)37-18(22)26-9)14(29)25-11-15(30)28-12(17(31)32)6(5-36-16(11)28)2-3-35-8-4-7(21)23-19(33)24-8/h2-4,11,16H,5H2,1H3,(H2,22,26)(H,25,29)(H,31,32)(H3,21,23,24,33)/b3-2+,27-10+/t11-,16-/m1/s1. The number of halogens is 1. The molecule has 2 aromatic heterocycles. The number of aromatic amines is 1. The molecule has 2 aromatic rings. The van der Waals surface area contributed by atoms with Crippen molar-refractivity contribution < 1.29 is 24.3 Å². The van der Waals surface area contributed by atoms with Crippen molar-refractivity contribution in [1.29, 1.82) is 0 Å². The number of β-lactam (4-membered cyclic amide) rings is 1. The Morgan fingerprint density at radius 2 is 2.16 bits per heavy atom. The number of aromatic nitrogens is 3. The Kier molecular flexibility index (Phi) is 7.76. The lowest BCUT2D eigenvalue weighted by molar-refractivity contribution is -0.150. The van der Waals surface area contributed by atoms with E-state index >= 15 is 0 Å². The van der Waals surface area contributed by atoms with Crippen LogP contribution in [0.4, 0.5) is 10.9 Å². The number of hydrogen-bond donors (Lipinski definition) is 5. The van der Waals surface area contributed by atoms with Crippen molar-refractivity contribution in [2.45, 2.75) is 16.4 Å². The summed E-state index contributed by atoms with van der Waals surface area (Å²) in [6.07, 6.45) is 1.52. The number of anilines is 2. The van der Waals surface area contributed by atoms with Gasteiger partial charge in [0.1, 0.15) is 45.1 Å². The van der Waals surface area contributed by atoms with Gasteiger partial charge in [-0.25, -0.2) is 14.6 Å². The number of nitrogens with zero attached hydrogens (tertiary/aromatic N) is 4. The van der Waals surface area contributed by atoms with Crippen LogP contribution in [0.5, 0.6) is 0 Å².